The number of alkyl halides is 1. The van der Waals surface area contributed by atoms with Crippen LogP contribution in [0.25, 0.3) is 0 Å². The van der Waals surface area contributed by atoms with Crippen LogP contribution >= 0.6 is 27.5 Å². The summed E-state index contributed by atoms with van der Waals surface area (Å²) in [4.78, 5) is 0.140. The van der Waals surface area contributed by atoms with E-state index in [4.69, 9.17) is 16.3 Å². The van der Waals surface area contributed by atoms with Crippen LogP contribution in [0.3, 0.4) is 0 Å². The van der Waals surface area contributed by atoms with Gasteiger partial charge in [0.25, 0.3) is 0 Å². The Labute approximate surface area is 121 Å². The SMILES string of the molecule is COc1ccc(C(Br)c2ccc(C)cc2)cc1Cl. The zero-order chi connectivity index (χ0) is 13.1. The number of halogens is 2. The van der Waals surface area contributed by atoms with Crippen LogP contribution in [-0.4, -0.2) is 7.11 Å². The number of benzene rings is 2. The first kappa shape index (κ1) is 13.4. The molecule has 3 heteroatoms. The minimum absolute atomic E-state index is 0.140. The number of methoxy groups -OCH3 is 1. The summed E-state index contributed by atoms with van der Waals surface area (Å²) in [6.45, 7) is 2.08. The number of aryl methyl sites for hydroxylation is 1. The molecule has 1 atom stereocenters. The second kappa shape index (κ2) is 5.77. The largest absolute Gasteiger partial charge is 0.495 e. The monoisotopic (exact) mass is 324 g/mol. The van der Waals surface area contributed by atoms with E-state index in [0.29, 0.717) is 10.8 Å². The molecule has 0 N–H and O–H groups in total. The molecule has 0 saturated carbocycles. The van der Waals surface area contributed by atoms with Gasteiger partial charge in [-0.15, -0.1) is 0 Å². The molecular weight excluding hydrogens is 312 g/mol. The fourth-order valence-electron chi connectivity index (χ4n) is 1.77. The Morgan fingerprint density at radius 2 is 1.67 bits per heavy atom. The topological polar surface area (TPSA) is 9.23 Å². The van der Waals surface area contributed by atoms with Crippen molar-refractivity contribution in [3.8, 4) is 5.75 Å². The van der Waals surface area contributed by atoms with Crippen LogP contribution in [0.5, 0.6) is 5.75 Å². The third-order valence-electron chi connectivity index (χ3n) is 2.84. The van der Waals surface area contributed by atoms with E-state index in [2.05, 4.69) is 47.1 Å². The summed E-state index contributed by atoms with van der Waals surface area (Å²) in [6, 6.07) is 14.3. The van der Waals surface area contributed by atoms with Gasteiger partial charge in [-0.3, -0.25) is 0 Å². The first-order valence-electron chi connectivity index (χ1n) is 5.66. The molecule has 0 bridgehead atoms. The van der Waals surface area contributed by atoms with E-state index < -0.39 is 0 Å². The first-order chi connectivity index (χ1) is 8.61. The minimum Gasteiger partial charge on any atom is -0.495 e. The van der Waals surface area contributed by atoms with E-state index in [1.807, 2.05) is 18.2 Å². The predicted octanol–water partition coefficient (Wildman–Crippen LogP) is 5.14. The first-order valence-corrected chi connectivity index (χ1v) is 6.95. The molecule has 0 heterocycles. The van der Waals surface area contributed by atoms with Gasteiger partial charge in [0, 0.05) is 0 Å². The molecule has 0 amide bonds. The molecule has 0 fully saturated rings. The molecule has 1 unspecified atom stereocenters. The molecule has 1 nitrogen and oxygen atoms in total. The van der Waals surface area contributed by atoms with Gasteiger partial charge in [0.2, 0.25) is 0 Å². The lowest BCUT2D eigenvalue weighted by Gasteiger charge is -2.12. The minimum atomic E-state index is 0.140. The van der Waals surface area contributed by atoms with Crippen LogP contribution in [-0.2, 0) is 0 Å². The number of rotatable bonds is 3. The normalized spacial score (nSPS) is 12.2. The van der Waals surface area contributed by atoms with E-state index in [1.54, 1.807) is 7.11 Å². The average molecular weight is 326 g/mol. The standard InChI is InChI=1S/C15H14BrClO/c1-10-3-5-11(6-4-10)15(16)12-7-8-14(18-2)13(17)9-12/h3-9,15H,1-2H3. The van der Waals surface area contributed by atoms with Crippen molar-refractivity contribution in [3.05, 3.63) is 64.2 Å². The quantitative estimate of drug-likeness (QED) is 0.710. The van der Waals surface area contributed by atoms with E-state index >= 15 is 0 Å². The average Bonchev–Trinajstić information content (AvgIpc) is 2.38. The van der Waals surface area contributed by atoms with Gasteiger partial charge in [0.05, 0.1) is 17.0 Å². The highest BCUT2D eigenvalue weighted by atomic mass is 79.9. The van der Waals surface area contributed by atoms with Crippen molar-refractivity contribution < 1.29 is 4.74 Å². The highest BCUT2D eigenvalue weighted by Gasteiger charge is 2.12. The van der Waals surface area contributed by atoms with Crippen LogP contribution in [0.15, 0.2) is 42.5 Å². The third-order valence-corrected chi connectivity index (χ3v) is 4.19. The van der Waals surface area contributed by atoms with E-state index in [1.165, 1.54) is 11.1 Å². The second-order valence-electron chi connectivity index (χ2n) is 4.17. The maximum absolute atomic E-state index is 6.14. The van der Waals surface area contributed by atoms with Crippen molar-refractivity contribution in [2.45, 2.75) is 11.8 Å². The summed E-state index contributed by atoms with van der Waals surface area (Å²) in [6.07, 6.45) is 0. The summed E-state index contributed by atoms with van der Waals surface area (Å²) < 4.78 is 5.15. The maximum Gasteiger partial charge on any atom is 0.137 e. The van der Waals surface area contributed by atoms with Crippen LogP contribution < -0.4 is 4.74 Å². The maximum atomic E-state index is 6.14. The molecule has 0 aliphatic heterocycles. The van der Waals surface area contributed by atoms with Crippen molar-refractivity contribution in [1.82, 2.24) is 0 Å². The molecule has 0 saturated heterocycles. The summed E-state index contributed by atoms with van der Waals surface area (Å²) in [7, 11) is 1.62. The van der Waals surface area contributed by atoms with E-state index in [9.17, 15) is 0 Å². The molecule has 94 valence electrons. The highest BCUT2D eigenvalue weighted by Crippen LogP contribution is 2.35. The van der Waals surface area contributed by atoms with Gasteiger partial charge in [-0.2, -0.15) is 0 Å². The molecule has 2 aromatic carbocycles. The Bertz CT molecular complexity index is 537. The molecule has 0 aliphatic rings. The third kappa shape index (κ3) is 2.88. The summed E-state index contributed by atoms with van der Waals surface area (Å²) >= 11 is 9.84. The Morgan fingerprint density at radius 3 is 2.22 bits per heavy atom. The summed E-state index contributed by atoms with van der Waals surface area (Å²) in [5.74, 6) is 0.698. The zero-order valence-electron chi connectivity index (χ0n) is 10.3. The van der Waals surface area contributed by atoms with Crippen LogP contribution in [0, 0.1) is 6.92 Å². The van der Waals surface area contributed by atoms with E-state index in [0.717, 1.165) is 5.56 Å². The Kier molecular flexibility index (Phi) is 4.31. The molecule has 18 heavy (non-hydrogen) atoms. The Balaban J connectivity index is 2.31. The van der Waals surface area contributed by atoms with E-state index in [-0.39, 0.29) is 4.83 Å². The molecule has 2 rings (SSSR count). The van der Waals surface area contributed by atoms with Gasteiger partial charge in [-0.25, -0.2) is 0 Å². The summed E-state index contributed by atoms with van der Waals surface area (Å²) in [5, 5.41) is 0.631. The number of hydrogen-bond donors (Lipinski definition) is 0. The molecule has 0 aliphatic carbocycles. The van der Waals surface area contributed by atoms with Gasteiger partial charge in [0.15, 0.2) is 0 Å². The Hall–Kier alpha value is -0.990. The number of ether oxygens (including phenoxy) is 1. The van der Waals surface area contributed by atoms with Gasteiger partial charge in [0.1, 0.15) is 5.75 Å². The van der Waals surface area contributed by atoms with Crippen molar-refractivity contribution in [2.75, 3.05) is 7.11 Å². The Morgan fingerprint density at radius 1 is 1.06 bits per heavy atom. The van der Waals surface area contributed by atoms with Crippen molar-refractivity contribution in [2.24, 2.45) is 0 Å². The summed E-state index contributed by atoms with van der Waals surface area (Å²) in [5.41, 5.74) is 3.58. The lowest BCUT2D eigenvalue weighted by atomic mass is 10.0. The van der Waals surface area contributed by atoms with Gasteiger partial charge >= 0.3 is 0 Å². The molecule has 0 radical (unpaired) electrons. The lowest BCUT2D eigenvalue weighted by Crippen LogP contribution is -1.94. The van der Waals surface area contributed by atoms with Crippen LogP contribution in [0.2, 0.25) is 5.02 Å². The van der Waals surface area contributed by atoms with Crippen molar-refractivity contribution in [3.63, 3.8) is 0 Å². The fourth-order valence-corrected chi connectivity index (χ4v) is 2.62. The van der Waals surface area contributed by atoms with Gasteiger partial charge in [-0.05, 0) is 30.2 Å². The second-order valence-corrected chi connectivity index (χ2v) is 5.49. The van der Waals surface area contributed by atoms with Crippen molar-refractivity contribution >= 4 is 27.5 Å². The highest BCUT2D eigenvalue weighted by molar-refractivity contribution is 9.09. The zero-order valence-corrected chi connectivity index (χ0v) is 12.6. The number of hydrogen-bond acceptors (Lipinski definition) is 1. The lowest BCUT2D eigenvalue weighted by molar-refractivity contribution is 0.415. The van der Waals surface area contributed by atoms with Crippen LogP contribution in [0.1, 0.15) is 21.5 Å². The molecule has 2 aromatic rings. The smallest absolute Gasteiger partial charge is 0.137 e. The molecule has 0 aromatic heterocycles. The fraction of sp³-hybridized carbons (Fsp3) is 0.200. The molecular formula is C15H14BrClO. The predicted molar refractivity (Wildman–Crippen MR) is 80.0 cm³/mol. The van der Waals surface area contributed by atoms with Crippen LogP contribution in [0.4, 0.5) is 0 Å². The molecule has 0 spiro atoms. The van der Waals surface area contributed by atoms with Gasteiger partial charge < -0.3 is 4.74 Å². The van der Waals surface area contributed by atoms with Gasteiger partial charge in [-0.1, -0.05) is 63.4 Å². The van der Waals surface area contributed by atoms with Crippen molar-refractivity contribution in [1.29, 1.82) is 0 Å².